The van der Waals surface area contributed by atoms with Crippen LogP contribution >= 0.6 is 0 Å². The van der Waals surface area contributed by atoms with Crippen molar-refractivity contribution in [2.75, 3.05) is 6.61 Å². The molecule has 0 heterocycles. The molecule has 16 heavy (non-hydrogen) atoms. The van der Waals surface area contributed by atoms with E-state index in [-0.39, 0.29) is 12.0 Å². The summed E-state index contributed by atoms with van der Waals surface area (Å²) in [6.45, 7) is 6.16. The standard InChI is InChI=1S/C12H23NO3/c1-9(2)12(3,14)8-16-11-6-4-10(13-15)5-7-11/h9,11,14-15H,4-8H2,1-3H3. The zero-order chi connectivity index (χ0) is 12.2. The van der Waals surface area contributed by atoms with Gasteiger partial charge in [-0.3, -0.25) is 0 Å². The Kier molecular flexibility index (Phi) is 4.74. The minimum atomic E-state index is -0.759. The summed E-state index contributed by atoms with van der Waals surface area (Å²) in [6, 6.07) is 0. The minimum absolute atomic E-state index is 0.186. The summed E-state index contributed by atoms with van der Waals surface area (Å²) in [6.07, 6.45) is 3.55. The summed E-state index contributed by atoms with van der Waals surface area (Å²) < 4.78 is 5.72. The van der Waals surface area contributed by atoms with E-state index in [0.29, 0.717) is 6.61 Å². The fourth-order valence-corrected chi connectivity index (χ4v) is 1.64. The van der Waals surface area contributed by atoms with Gasteiger partial charge in [-0.05, 0) is 38.5 Å². The van der Waals surface area contributed by atoms with Gasteiger partial charge in [0, 0.05) is 0 Å². The first kappa shape index (κ1) is 13.5. The number of rotatable bonds is 4. The van der Waals surface area contributed by atoms with Gasteiger partial charge >= 0.3 is 0 Å². The van der Waals surface area contributed by atoms with Crippen molar-refractivity contribution in [3.05, 3.63) is 0 Å². The molecule has 1 saturated carbocycles. The van der Waals surface area contributed by atoms with Crippen molar-refractivity contribution in [3.8, 4) is 0 Å². The fourth-order valence-electron chi connectivity index (χ4n) is 1.64. The third-order valence-corrected chi connectivity index (χ3v) is 3.51. The van der Waals surface area contributed by atoms with Crippen molar-refractivity contribution >= 4 is 5.71 Å². The molecule has 1 atom stereocenters. The number of nitrogens with zero attached hydrogens (tertiary/aromatic N) is 1. The van der Waals surface area contributed by atoms with Crippen LogP contribution in [0.1, 0.15) is 46.5 Å². The van der Waals surface area contributed by atoms with Crippen molar-refractivity contribution in [2.24, 2.45) is 11.1 Å². The van der Waals surface area contributed by atoms with E-state index in [1.807, 2.05) is 13.8 Å². The Morgan fingerprint density at radius 1 is 1.44 bits per heavy atom. The van der Waals surface area contributed by atoms with E-state index in [1.165, 1.54) is 0 Å². The zero-order valence-electron chi connectivity index (χ0n) is 10.4. The lowest BCUT2D eigenvalue weighted by molar-refractivity contribution is -0.0899. The maximum atomic E-state index is 10.0. The maximum Gasteiger partial charge on any atom is 0.0875 e. The summed E-state index contributed by atoms with van der Waals surface area (Å²) >= 11 is 0. The molecule has 4 heteroatoms. The number of hydrogen-bond donors (Lipinski definition) is 2. The number of aliphatic hydroxyl groups is 1. The molecule has 1 rings (SSSR count). The second-order valence-electron chi connectivity index (χ2n) is 5.19. The quantitative estimate of drug-likeness (QED) is 0.573. The Hall–Kier alpha value is -0.610. The lowest BCUT2D eigenvalue weighted by Gasteiger charge is -2.31. The molecule has 0 aliphatic heterocycles. The number of hydrogen-bond acceptors (Lipinski definition) is 4. The lowest BCUT2D eigenvalue weighted by atomic mass is 9.92. The molecule has 2 N–H and O–H groups in total. The van der Waals surface area contributed by atoms with E-state index < -0.39 is 5.60 Å². The molecule has 0 aromatic rings. The summed E-state index contributed by atoms with van der Waals surface area (Å²) in [5, 5.41) is 21.9. The summed E-state index contributed by atoms with van der Waals surface area (Å²) in [5.41, 5.74) is 0.0983. The highest BCUT2D eigenvalue weighted by molar-refractivity contribution is 5.84. The van der Waals surface area contributed by atoms with Crippen LogP contribution in [0, 0.1) is 5.92 Å². The number of oxime groups is 1. The van der Waals surface area contributed by atoms with Crippen LogP contribution in [-0.2, 0) is 4.74 Å². The monoisotopic (exact) mass is 229 g/mol. The molecule has 0 radical (unpaired) electrons. The third-order valence-electron chi connectivity index (χ3n) is 3.51. The van der Waals surface area contributed by atoms with Crippen LogP contribution in [0.3, 0.4) is 0 Å². The van der Waals surface area contributed by atoms with Gasteiger partial charge in [-0.1, -0.05) is 19.0 Å². The Morgan fingerprint density at radius 2 is 2.00 bits per heavy atom. The molecule has 0 aromatic heterocycles. The van der Waals surface area contributed by atoms with Crippen LogP contribution < -0.4 is 0 Å². The fraction of sp³-hybridized carbons (Fsp3) is 0.917. The average Bonchev–Trinajstić information content (AvgIpc) is 2.27. The predicted octanol–water partition coefficient (Wildman–Crippen LogP) is 2.18. The zero-order valence-corrected chi connectivity index (χ0v) is 10.4. The van der Waals surface area contributed by atoms with E-state index in [2.05, 4.69) is 5.16 Å². The molecule has 0 bridgehead atoms. The normalized spacial score (nSPS) is 25.6. The predicted molar refractivity (Wildman–Crippen MR) is 62.9 cm³/mol. The topological polar surface area (TPSA) is 62.0 Å². The summed E-state index contributed by atoms with van der Waals surface area (Å²) in [4.78, 5) is 0. The second-order valence-corrected chi connectivity index (χ2v) is 5.19. The molecule has 0 spiro atoms. The van der Waals surface area contributed by atoms with E-state index in [9.17, 15) is 5.11 Å². The van der Waals surface area contributed by atoms with Gasteiger partial charge in [0.1, 0.15) is 0 Å². The van der Waals surface area contributed by atoms with E-state index >= 15 is 0 Å². The second kappa shape index (κ2) is 5.64. The maximum absolute atomic E-state index is 10.0. The lowest BCUT2D eigenvalue weighted by Crippen LogP contribution is -2.38. The highest BCUT2D eigenvalue weighted by atomic mass is 16.5. The molecule has 4 nitrogen and oxygen atoms in total. The first-order valence-electron chi connectivity index (χ1n) is 5.99. The Morgan fingerprint density at radius 3 is 2.44 bits per heavy atom. The number of ether oxygens (including phenoxy) is 1. The van der Waals surface area contributed by atoms with Gasteiger partial charge in [0.2, 0.25) is 0 Å². The molecule has 1 aliphatic carbocycles. The average molecular weight is 229 g/mol. The van der Waals surface area contributed by atoms with Crippen LogP contribution in [0.4, 0.5) is 0 Å². The molecule has 0 saturated heterocycles. The van der Waals surface area contributed by atoms with Crippen LogP contribution in [0.25, 0.3) is 0 Å². The van der Waals surface area contributed by atoms with E-state index in [0.717, 1.165) is 31.4 Å². The molecule has 94 valence electrons. The van der Waals surface area contributed by atoms with Gasteiger partial charge in [-0.25, -0.2) is 0 Å². The Balaban J connectivity index is 2.30. The van der Waals surface area contributed by atoms with Gasteiger partial charge in [0.05, 0.1) is 24.0 Å². The van der Waals surface area contributed by atoms with Crippen LogP contribution in [0.5, 0.6) is 0 Å². The molecular weight excluding hydrogens is 206 g/mol. The van der Waals surface area contributed by atoms with Crippen LogP contribution in [-0.4, -0.2) is 34.3 Å². The van der Waals surface area contributed by atoms with Gasteiger partial charge in [0.15, 0.2) is 0 Å². The minimum Gasteiger partial charge on any atom is -0.411 e. The molecule has 1 unspecified atom stereocenters. The summed E-state index contributed by atoms with van der Waals surface area (Å²) in [7, 11) is 0. The Bertz CT molecular complexity index is 239. The molecular formula is C12H23NO3. The third kappa shape index (κ3) is 3.76. The van der Waals surface area contributed by atoms with Crippen molar-refractivity contribution in [3.63, 3.8) is 0 Å². The largest absolute Gasteiger partial charge is 0.411 e. The molecule has 1 fully saturated rings. The van der Waals surface area contributed by atoms with Gasteiger partial charge in [0.25, 0.3) is 0 Å². The van der Waals surface area contributed by atoms with Crippen molar-refractivity contribution in [1.82, 2.24) is 0 Å². The molecule has 1 aliphatic rings. The van der Waals surface area contributed by atoms with Gasteiger partial charge < -0.3 is 15.1 Å². The van der Waals surface area contributed by atoms with Gasteiger partial charge in [-0.2, -0.15) is 0 Å². The SMILES string of the molecule is CC(C)C(C)(O)COC1CCC(=NO)CC1. The first-order valence-corrected chi connectivity index (χ1v) is 5.99. The van der Waals surface area contributed by atoms with E-state index in [4.69, 9.17) is 9.94 Å². The van der Waals surface area contributed by atoms with Gasteiger partial charge in [-0.15, -0.1) is 0 Å². The molecule has 0 amide bonds. The van der Waals surface area contributed by atoms with Crippen LogP contribution in [0.2, 0.25) is 0 Å². The molecule has 0 aromatic carbocycles. The van der Waals surface area contributed by atoms with Crippen molar-refractivity contribution in [1.29, 1.82) is 0 Å². The van der Waals surface area contributed by atoms with Crippen LogP contribution in [0.15, 0.2) is 5.16 Å². The van der Waals surface area contributed by atoms with Crippen molar-refractivity contribution in [2.45, 2.75) is 58.2 Å². The highest BCUT2D eigenvalue weighted by Gasteiger charge is 2.27. The first-order chi connectivity index (χ1) is 7.45. The smallest absolute Gasteiger partial charge is 0.0875 e. The van der Waals surface area contributed by atoms with Crippen molar-refractivity contribution < 1.29 is 15.1 Å². The highest BCUT2D eigenvalue weighted by Crippen LogP contribution is 2.22. The summed E-state index contributed by atoms with van der Waals surface area (Å²) in [5.74, 6) is 0.186. The van der Waals surface area contributed by atoms with E-state index in [1.54, 1.807) is 6.92 Å². The Labute approximate surface area is 97.3 Å².